The van der Waals surface area contributed by atoms with Crippen molar-refractivity contribution in [2.45, 2.75) is 32.2 Å². The lowest BCUT2D eigenvalue weighted by molar-refractivity contribution is -0.351. The maximum Gasteiger partial charge on any atom is 0.536 e. The van der Waals surface area contributed by atoms with Gasteiger partial charge in [0.05, 0.1) is 0 Å². The van der Waals surface area contributed by atoms with Gasteiger partial charge in [-0.05, 0) is 19.4 Å². The van der Waals surface area contributed by atoms with Crippen LogP contribution in [0.3, 0.4) is 0 Å². The fourth-order valence-corrected chi connectivity index (χ4v) is 1.72. The van der Waals surface area contributed by atoms with Crippen molar-refractivity contribution in [2.24, 2.45) is 0 Å². The molecule has 1 aliphatic carbocycles. The van der Waals surface area contributed by atoms with Crippen LogP contribution < -0.4 is 0 Å². The second-order valence-corrected chi connectivity index (χ2v) is 3.52. The summed E-state index contributed by atoms with van der Waals surface area (Å²) in [7, 11) is 0. The molecule has 0 saturated carbocycles. The summed E-state index contributed by atoms with van der Waals surface area (Å²) in [6, 6.07) is 0. The molecule has 1 aliphatic heterocycles. The van der Waals surface area contributed by atoms with E-state index in [0.717, 1.165) is 0 Å². The van der Waals surface area contributed by atoms with Crippen LogP contribution in [0, 0.1) is 0 Å². The lowest BCUT2D eigenvalue weighted by atomic mass is 9.92. The maximum absolute atomic E-state index is 12.8. The zero-order valence-corrected chi connectivity index (χ0v) is 7.43. The van der Waals surface area contributed by atoms with Crippen molar-refractivity contribution in [1.82, 2.24) is 0 Å². The van der Waals surface area contributed by atoms with Gasteiger partial charge in [-0.3, -0.25) is 4.74 Å². The van der Waals surface area contributed by atoms with E-state index in [4.69, 9.17) is 0 Å². The first-order chi connectivity index (χ1) is 5.93. The maximum atomic E-state index is 12.8. The Morgan fingerprint density at radius 3 is 2.77 bits per heavy atom. The molecule has 1 fully saturated rings. The number of hydrogen-bond donors (Lipinski definition) is 0. The molecule has 1 unspecified atom stereocenters. The summed E-state index contributed by atoms with van der Waals surface area (Å²) in [6.45, 7) is 3.34. The third-order valence-corrected chi connectivity index (χ3v) is 2.28. The van der Waals surface area contributed by atoms with Crippen LogP contribution in [-0.2, 0) is 9.47 Å². The minimum absolute atomic E-state index is 0.250. The van der Waals surface area contributed by atoms with Crippen LogP contribution in [0.5, 0.6) is 0 Å². The van der Waals surface area contributed by atoms with E-state index in [1.165, 1.54) is 0 Å². The zero-order chi connectivity index (χ0) is 9.69. The van der Waals surface area contributed by atoms with Gasteiger partial charge in [-0.2, -0.15) is 0 Å². The van der Waals surface area contributed by atoms with Gasteiger partial charge >= 0.3 is 6.29 Å². The van der Waals surface area contributed by atoms with Gasteiger partial charge < -0.3 is 4.74 Å². The highest BCUT2D eigenvalue weighted by atomic mass is 19.3. The Hall–Kier alpha value is -0.900. The minimum Gasteiger partial charge on any atom is -0.410 e. The van der Waals surface area contributed by atoms with Gasteiger partial charge in [0, 0.05) is 6.42 Å². The average Bonchev–Trinajstić information content (AvgIpc) is 2.20. The van der Waals surface area contributed by atoms with Crippen molar-refractivity contribution < 1.29 is 18.3 Å². The van der Waals surface area contributed by atoms with Crippen LogP contribution in [0.15, 0.2) is 23.5 Å². The molecular weight excluding hydrogens is 178 g/mol. The number of hydrogen-bond acceptors (Lipinski definition) is 2. The van der Waals surface area contributed by atoms with Crippen LogP contribution in [0.4, 0.5) is 8.78 Å². The molecule has 2 nitrogen and oxygen atoms in total. The Morgan fingerprint density at radius 2 is 2.15 bits per heavy atom. The molecule has 0 aromatic heterocycles. The number of fused-ring (bicyclic) bond motifs is 1. The molecule has 1 heterocycles. The van der Waals surface area contributed by atoms with E-state index in [1.807, 2.05) is 6.08 Å². The molecule has 0 radical (unpaired) electrons. The Bertz CT molecular complexity index is 307. The summed E-state index contributed by atoms with van der Waals surface area (Å²) in [5, 5.41) is 0. The monoisotopic (exact) mass is 188 g/mol. The second-order valence-electron chi connectivity index (χ2n) is 3.52. The van der Waals surface area contributed by atoms with E-state index in [2.05, 4.69) is 9.47 Å². The van der Waals surface area contributed by atoms with Gasteiger partial charge in [0.15, 0.2) is 0 Å². The van der Waals surface area contributed by atoms with Gasteiger partial charge in [0.2, 0.25) is 0 Å². The predicted octanol–water partition coefficient (Wildman–Crippen LogP) is 2.58. The van der Waals surface area contributed by atoms with Crippen molar-refractivity contribution in [2.75, 3.05) is 0 Å². The Morgan fingerprint density at radius 1 is 1.46 bits per heavy atom. The molecule has 72 valence electrons. The normalized spacial score (nSPS) is 36.0. The van der Waals surface area contributed by atoms with E-state index in [0.29, 0.717) is 12.0 Å². The van der Waals surface area contributed by atoms with E-state index in [1.54, 1.807) is 19.9 Å². The highest BCUT2D eigenvalue weighted by molar-refractivity contribution is 5.32. The largest absolute Gasteiger partial charge is 0.536 e. The van der Waals surface area contributed by atoms with Gasteiger partial charge in [-0.25, -0.2) is 0 Å². The first kappa shape index (κ1) is 8.69. The second kappa shape index (κ2) is 2.32. The SMILES string of the molecule is CC1=C2OC(F)(F)OC2(C)CC=C1. The fraction of sp³-hybridized carbons (Fsp3) is 0.556. The quantitative estimate of drug-likeness (QED) is 0.581. The van der Waals surface area contributed by atoms with Crippen LogP contribution in [-0.4, -0.2) is 11.9 Å². The number of halogens is 2. The highest BCUT2D eigenvalue weighted by Gasteiger charge is 2.55. The predicted molar refractivity (Wildman–Crippen MR) is 42.0 cm³/mol. The first-order valence-corrected chi connectivity index (χ1v) is 4.08. The van der Waals surface area contributed by atoms with Crippen molar-refractivity contribution in [1.29, 1.82) is 0 Å². The third-order valence-electron chi connectivity index (χ3n) is 2.28. The summed E-state index contributed by atoms with van der Waals surface area (Å²) >= 11 is 0. The van der Waals surface area contributed by atoms with E-state index in [9.17, 15) is 8.78 Å². The molecule has 2 rings (SSSR count). The Kier molecular flexibility index (Phi) is 1.55. The standard InChI is InChI=1S/C9H10F2O2/c1-6-4-3-5-8(2)7(6)12-9(10,11)13-8/h3-4H,5H2,1-2H3. The van der Waals surface area contributed by atoms with Gasteiger partial charge in [-0.15, -0.1) is 8.78 Å². The van der Waals surface area contributed by atoms with E-state index < -0.39 is 11.9 Å². The van der Waals surface area contributed by atoms with E-state index >= 15 is 0 Å². The molecular formula is C9H10F2O2. The molecule has 2 aliphatic rings. The lowest BCUT2D eigenvalue weighted by Crippen LogP contribution is -2.29. The number of allylic oxidation sites excluding steroid dienone is 2. The van der Waals surface area contributed by atoms with E-state index in [-0.39, 0.29) is 5.76 Å². The van der Waals surface area contributed by atoms with Crippen LogP contribution in [0.2, 0.25) is 0 Å². The van der Waals surface area contributed by atoms with Crippen LogP contribution >= 0.6 is 0 Å². The molecule has 0 bridgehead atoms. The molecule has 0 amide bonds. The molecule has 0 aromatic carbocycles. The number of rotatable bonds is 0. The van der Waals surface area contributed by atoms with Crippen molar-refractivity contribution in [3.63, 3.8) is 0 Å². The van der Waals surface area contributed by atoms with Gasteiger partial charge in [0.1, 0.15) is 11.4 Å². The smallest absolute Gasteiger partial charge is 0.410 e. The number of ether oxygens (including phenoxy) is 2. The Balaban J connectivity index is 2.42. The molecule has 4 heteroatoms. The molecule has 0 aromatic rings. The van der Waals surface area contributed by atoms with Crippen molar-refractivity contribution >= 4 is 0 Å². The topological polar surface area (TPSA) is 18.5 Å². The van der Waals surface area contributed by atoms with Gasteiger partial charge in [-0.1, -0.05) is 12.2 Å². The summed E-state index contributed by atoms with van der Waals surface area (Å²) in [6.07, 6.45) is 0.526. The molecule has 0 N–H and O–H groups in total. The molecule has 1 atom stereocenters. The minimum atomic E-state index is -3.47. The first-order valence-electron chi connectivity index (χ1n) is 4.08. The van der Waals surface area contributed by atoms with Crippen LogP contribution in [0.1, 0.15) is 20.3 Å². The molecule has 1 saturated heterocycles. The van der Waals surface area contributed by atoms with Crippen molar-refractivity contribution in [3.8, 4) is 0 Å². The lowest BCUT2D eigenvalue weighted by Gasteiger charge is -2.23. The summed E-state index contributed by atoms with van der Waals surface area (Å²) < 4.78 is 34.5. The summed E-state index contributed by atoms with van der Waals surface area (Å²) in [5.41, 5.74) is -0.284. The fourth-order valence-electron chi connectivity index (χ4n) is 1.72. The Labute approximate surface area is 74.8 Å². The van der Waals surface area contributed by atoms with Crippen LogP contribution in [0.25, 0.3) is 0 Å². The average molecular weight is 188 g/mol. The highest BCUT2D eigenvalue weighted by Crippen LogP contribution is 2.46. The summed E-state index contributed by atoms with van der Waals surface area (Å²) in [4.78, 5) is 0. The van der Waals surface area contributed by atoms with Crippen molar-refractivity contribution in [3.05, 3.63) is 23.5 Å². The number of alkyl halides is 2. The molecule has 0 spiro atoms. The molecule has 13 heavy (non-hydrogen) atoms. The van der Waals surface area contributed by atoms with Gasteiger partial charge in [0.25, 0.3) is 0 Å². The third kappa shape index (κ3) is 1.25. The zero-order valence-electron chi connectivity index (χ0n) is 7.43. The summed E-state index contributed by atoms with van der Waals surface area (Å²) in [5.74, 6) is 0.250.